The van der Waals surface area contributed by atoms with E-state index in [0.717, 1.165) is 19.5 Å². The molecule has 0 spiro atoms. The number of benzene rings is 1. The van der Waals surface area contributed by atoms with Crippen LogP contribution in [0.3, 0.4) is 0 Å². The zero-order chi connectivity index (χ0) is 13.1. The molecule has 0 aliphatic carbocycles. The van der Waals surface area contributed by atoms with E-state index in [1.807, 2.05) is 11.8 Å². The van der Waals surface area contributed by atoms with E-state index in [9.17, 15) is 4.79 Å². The first-order valence-corrected chi connectivity index (χ1v) is 6.66. The van der Waals surface area contributed by atoms with Gasteiger partial charge in [0.1, 0.15) is 0 Å². The monoisotopic (exact) mass is 246 g/mol. The molecule has 1 aromatic carbocycles. The van der Waals surface area contributed by atoms with Gasteiger partial charge in [0, 0.05) is 19.1 Å². The molecule has 1 N–H and O–H groups in total. The van der Waals surface area contributed by atoms with E-state index in [0.29, 0.717) is 6.04 Å². The molecule has 0 aromatic heterocycles. The van der Waals surface area contributed by atoms with Crippen LogP contribution < -0.4 is 5.32 Å². The van der Waals surface area contributed by atoms with Gasteiger partial charge >= 0.3 is 0 Å². The van der Waals surface area contributed by atoms with Crippen LogP contribution in [0.25, 0.3) is 0 Å². The predicted octanol–water partition coefficient (Wildman–Crippen LogP) is 2.09. The molecule has 3 nitrogen and oxygen atoms in total. The first kappa shape index (κ1) is 13.1. The summed E-state index contributed by atoms with van der Waals surface area (Å²) in [6, 6.07) is 8.74. The van der Waals surface area contributed by atoms with Crippen molar-refractivity contribution in [2.75, 3.05) is 6.54 Å². The van der Waals surface area contributed by atoms with E-state index in [-0.39, 0.29) is 11.9 Å². The van der Waals surface area contributed by atoms with Crippen LogP contribution in [0.15, 0.2) is 24.3 Å². The second-order valence-corrected chi connectivity index (χ2v) is 5.32. The van der Waals surface area contributed by atoms with Crippen LogP contribution in [0.2, 0.25) is 0 Å². The zero-order valence-corrected chi connectivity index (χ0v) is 11.4. The van der Waals surface area contributed by atoms with Gasteiger partial charge in [-0.25, -0.2) is 0 Å². The second-order valence-electron chi connectivity index (χ2n) is 5.32. The maximum atomic E-state index is 12.2. The molecule has 1 saturated heterocycles. The summed E-state index contributed by atoms with van der Waals surface area (Å²) < 4.78 is 0. The van der Waals surface area contributed by atoms with Crippen LogP contribution in [-0.2, 0) is 11.3 Å². The van der Waals surface area contributed by atoms with E-state index in [1.165, 1.54) is 11.1 Å². The van der Waals surface area contributed by atoms with E-state index >= 15 is 0 Å². The Kier molecular flexibility index (Phi) is 4.02. The number of amides is 1. The quantitative estimate of drug-likeness (QED) is 0.866. The van der Waals surface area contributed by atoms with Gasteiger partial charge in [-0.1, -0.05) is 29.8 Å². The van der Waals surface area contributed by atoms with Gasteiger partial charge in [-0.15, -0.1) is 0 Å². The molecule has 1 aliphatic rings. The Bertz CT molecular complexity index is 413. The molecule has 1 aromatic rings. The van der Waals surface area contributed by atoms with Gasteiger partial charge in [0.05, 0.1) is 6.04 Å². The molecule has 3 heteroatoms. The molecule has 0 radical (unpaired) electrons. The van der Waals surface area contributed by atoms with Crippen LogP contribution in [-0.4, -0.2) is 29.4 Å². The maximum absolute atomic E-state index is 12.2. The topological polar surface area (TPSA) is 32.3 Å². The molecule has 1 amide bonds. The lowest BCUT2D eigenvalue weighted by Gasteiger charge is -2.22. The van der Waals surface area contributed by atoms with E-state index in [2.05, 4.69) is 43.4 Å². The Morgan fingerprint density at radius 3 is 2.61 bits per heavy atom. The van der Waals surface area contributed by atoms with Crippen LogP contribution >= 0.6 is 0 Å². The average molecular weight is 246 g/mol. The van der Waals surface area contributed by atoms with E-state index in [1.54, 1.807) is 0 Å². The predicted molar refractivity (Wildman–Crippen MR) is 73.3 cm³/mol. The summed E-state index contributed by atoms with van der Waals surface area (Å²) in [4.78, 5) is 14.2. The third kappa shape index (κ3) is 3.10. The minimum atomic E-state index is -0.0760. The number of nitrogens with zero attached hydrogens (tertiary/aromatic N) is 1. The molecule has 1 aliphatic heterocycles. The molecule has 2 atom stereocenters. The summed E-state index contributed by atoms with van der Waals surface area (Å²) in [5.41, 5.74) is 2.46. The fourth-order valence-corrected chi connectivity index (χ4v) is 2.39. The minimum absolute atomic E-state index is 0.0760. The highest BCUT2D eigenvalue weighted by molar-refractivity contribution is 5.81. The zero-order valence-electron chi connectivity index (χ0n) is 11.4. The van der Waals surface area contributed by atoms with Crippen molar-refractivity contribution in [3.05, 3.63) is 35.4 Å². The maximum Gasteiger partial charge on any atom is 0.239 e. The van der Waals surface area contributed by atoms with Crippen molar-refractivity contribution in [1.82, 2.24) is 10.2 Å². The Labute approximate surface area is 109 Å². The third-order valence-corrected chi connectivity index (χ3v) is 3.54. The molecular formula is C15H22N2O. The highest BCUT2D eigenvalue weighted by atomic mass is 16.2. The van der Waals surface area contributed by atoms with E-state index in [4.69, 9.17) is 0 Å². The number of rotatable bonds is 2. The SMILES string of the molecule is Cc1ccc(CN2CCC(C)NC(C)C2=O)cc1. The summed E-state index contributed by atoms with van der Waals surface area (Å²) in [6.07, 6.45) is 1.02. The van der Waals surface area contributed by atoms with Gasteiger partial charge in [-0.2, -0.15) is 0 Å². The van der Waals surface area contributed by atoms with Crippen molar-refractivity contribution < 1.29 is 4.79 Å². The van der Waals surface area contributed by atoms with Gasteiger partial charge in [0.2, 0.25) is 5.91 Å². The van der Waals surface area contributed by atoms with Gasteiger partial charge in [-0.3, -0.25) is 4.79 Å². The molecule has 2 unspecified atom stereocenters. The van der Waals surface area contributed by atoms with Gasteiger partial charge < -0.3 is 10.2 Å². The first-order chi connectivity index (χ1) is 8.56. The standard InChI is InChI=1S/C15H22N2O/c1-11-4-6-14(7-5-11)10-17-9-8-12(2)16-13(3)15(17)18/h4-7,12-13,16H,8-10H2,1-3H3. The van der Waals surface area contributed by atoms with Crippen molar-refractivity contribution in [3.8, 4) is 0 Å². The summed E-state index contributed by atoms with van der Waals surface area (Å²) >= 11 is 0. The molecule has 0 saturated carbocycles. The van der Waals surface area contributed by atoms with Gasteiger partial charge in [0.15, 0.2) is 0 Å². The van der Waals surface area contributed by atoms with E-state index < -0.39 is 0 Å². The largest absolute Gasteiger partial charge is 0.337 e. The van der Waals surface area contributed by atoms with Gasteiger partial charge in [0.25, 0.3) is 0 Å². The Balaban J connectivity index is 2.07. The number of carbonyl (C=O) groups is 1. The second kappa shape index (κ2) is 5.53. The van der Waals surface area contributed by atoms with Crippen LogP contribution in [0.1, 0.15) is 31.4 Å². The molecule has 18 heavy (non-hydrogen) atoms. The Morgan fingerprint density at radius 2 is 1.94 bits per heavy atom. The number of nitrogens with one attached hydrogen (secondary N) is 1. The lowest BCUT2D eigenvalue weighted by Crippen LogP contribution is -2.42. The van der Waals surface area contributed by atoms with Crippen molar-refractivity contribution in [3.63, 3.8) is 0 Å². The number of hydrogen-bond acceptors (Lipinski definition) is 2. The summed E-state index contributed by atoms with van der Waals surface area (Å²) in [6.45, 7) is 7.73. The van der Waals surface area contributed by atoms with Crippen LogP contribution in [0, 0.1) is 6.92 Å². The summed E-state index contributed by atoms with van der Waals surface area (Å²) in [5.74, 6) is 0.208. The lowest BCUT2D eigenvalue weighted by atomic mass is 10.1. The van der Waals surface area contributed by atoms with Crippen LogP contribution in [0.5, 0.6) is 0 Å². The molecule has 98 valence electrons. The summed E-state index contributed by atoms with van der Waals surface area (Å²) in [7, 11) is 0. The average Bonchev–Trinajstić information content (AvgIpc) is 2.46. The van der Waals surface area contributed by atoms with Gasteiger partial charge in [-0.05, 0) is 32.8 Å². The fraction of sp³-hybridized carbons (Fsp3) is 0.533. The van der Waals surface area contributed by atoms with Crippen molar-refractivity contribution in [2.45, 2.75) is 45.8 Å². The lowest BCUT2D eigenvalue weighted by molar-refractivity contribution is -0.132. The third-order valence-electron chi connectivity index (χ3n) is 3.54. The highest BCUT2D eigenvalue weighted by Gasteiger charge is 2.25. The van der Waals surface area contributed by atoms with Crippen molar-refractivity contribution in [2.24, 2.45) is 0 Å². The Hall–Kier alpha value is -1.35. The smallest absolute Gasteiger partial charge is 0.239 e. The van der Waals surface area contributed by atoms with Crippen molar-refractivity contribution >= 4 is 5.91 Å². The molecule has 1 fully saturated rings. The number of aryl methyl sites for hydroxylation is 1. The Morgan fingerprint density at radius 1 is 1.28 bits per heavy atom. The first-order valence-electron chi connectivity index (χ1n) is 6.66. The fourth-order valence-electron chi connectivity index (χ4n) is 2.39. The number of hydrogen-bond donors (Lipinski definition) is 1. The molecule has 2 rings (SSSR count). The molecular weight excluding hydrogens is 224 g/mol. The number of carbonyl (C=O) groups excluding carboxylic acids is 1. The molecule has 1 heterocycles. The summed E-state index contributed by atoms with van der Waals surface area (Å²) in [5, 5.41) is 3.33. The molecule has 0 bridgehead atoms. The highest BCUT2D eigenvalue weighted by Crippen LogP contribution is 2.12. The minimum Gasteiger partial charge on any atom is -0.337 e. The van der Waals surface area contributed by atoms with Crippen molar-refractivity contribution in [1.29, 1.82) is 0 Å². The normalized spacial score (nSPS) is 25.1. The van der Waals surface area contributed by atoms with Crippen LogP contribution in [0.4, 0.5) is 0 Å².